The Kier molecular flexibility index (Phi) is 3.73. The Balaban J connectivity index is 2.39. The number of hydrogen-bond acceptors (Lipinski definition) is 2. The fourth-order valence-corrected chi connectivity index (χ4v) is 2.83. The highest BCUT2D eigenvalue weighted by Gasteiger charge is 2.18. The Morgan fingerprint density at radius 1 is 1.05 bits per heavy atom. The Hall–Kier alpha value is -1.66. The van der Waals surface area contributed by atoms with Crippen LogP contribution in [0.3, 0.4) is 0 Å². The van der Waals surface area contributed by atoms with Crippen LogP contribution in [0.4, 0.5) is 14.5 Å². The van der Waals surface area contributed by atoms with E-state index < -0.39 is 26.6 Å². The zero-order chi connectivity index (χ0) is 14.0. The van der Waals surface area contributed by atoms with Crippen LogP contribution in [0.5, 0.6) is 0 Å². The summed E-state index contributed by atoms with van der Waals surface area (Å²) in [4.78, 5) is -0.518. The molecule has 2 rings (SSSR count). The Labute approximate surface area is 113 Å². The summed E-state index contributed by atoms with van der Waals surface area (Å²) in [5.41, 5.74) is -0.0757. The monoisotopic (exact) mass is 303 g/mol. The number of rotatable bonds is 3. The van der Waals surface area contributed by atoms with Crippen molar-refractivity contribution in [3.8, 4) is 0 Å². The summed E-state index contributed by atoms with van der Waals surface area (Å²) < 4.78 is 52.4. The minimum absolute atomic E-state index is 0.0335. The summed E-state index contributed by atoms with van der Waals surface area (Å²) in [5, 5.41) is 0.0335. The van der Waals surface area contributed by atoms with Crippen molar-refractivity contribution in [2.24, 2.45) is 0 Å². The topological polar surface area (TPSA) is 46.2 Å². The maximum absolute atomic E-state index is 13.4. The van der Waals surface area contributed by atoms with Gasteiger partial charge < -0.3 is 0 Å². The van der Waals surface area contributed by atoms with E-state index in [0.29, 0.717) is 0 Å². The fourth-order valence-electron chi connectivity index (χ4n) is 1.49. The molecule has 1 N–H and O–H groups in total. The van der Waals surface area contributed by atoms with Crippen LogP contribution in [-0.2, 0) is 10.0 Å². The first-order chi connectivity index (χ1) is 8.88. The van der Waals surface area contributed by atoms with Gasteiger partial charge >= 0.3 is 0 Å². The molecule has 0 unspecified atom stereocenters. The lowest BCUT2D eigenvalue weighted by Crippen LogP contribution is -2.14. The Bertz CT molecular complexity index is 699. The highest BCUT2D eigenvalue weighted by atomic mass is 35.5. The molecule has 2 aromatic carbocycles. The lowest BCUT2D eigenvalue weighted by molar-refractivity contribution is 0.570. The SMILES string of the molecule is O=S(=O)(Nc1cc(F)cc(Cl)c1)c1ccccc1F. The molecule has 0 aliphatic carbocycles. The highest BCUT2D eigenvalue weighted by molar-refractivity contribution is 7.92. The van der Waals surface area contributed by atoms with E-state index >= 15 is 0 Å². The molecular weight excluding hydrogens is 296 g/mol. The van der Waals surface area contributed by atoms with Crippen LogP contribution in [0.15, 0.2) is 47.4 Å². The highest BCUT2D eigenvalue weighted by Crippen LogP contribution is 2.22. The zero-order valence-corrected chi connectivity index (χ0v) is 11.0. The number of sulfonamides is 1. The quantitative estimate of drug-likeness (QED) is 0.944. The zero-order valence-electron chi connectivity index (χ0n) is 9.40. The Morgan fingerprint density at radius 3 is 2.37 bits per heavy atom. The molecule has 0 spiro atoms. The molecule has 0 amide bonds. The van der Waals surface area contributed by atoms with Gasteiger partial charge in [0.05, 0.1) is 5.69 Å². The summed E-state index contributed by atoms with van der Waals surface area (Å²) in [6.07, 6.45) is 0. The van der Waals surface area contributed by atoms with E-state index in [2.05, 4.69) is 4.72 Å². The number of hydrogen-bond donors (Lipinski definition) is 1. The van der Waals surface area contributed by atoms with Gasteiger partial charge in [0.15, 0.2) is 0 Å². The van der Waals surface area contributed by atoms with Gasteiger partial charge in [0.1, 0.15) is 16.5 Å². The third-order valence-corrected chi connectivity index (χ3v) is 3.87. The van der Waals surface area contributed by atoms with Gasteiger partial charge in [0.2, 0.25) is 0 Å². The van der Waals surface area contributed by atoms with Crippen LogP contribution in [0.2, 0.25) is 5.02 Å². The molecule has 0 radical (unpaired) electrons. The van der Waals surface area contributed by atoms with Crippen LogP contribution in [-0.4, -0.2) is 8.42 Å². The number of halogens is 3. The van der Waals surface area contributed by atoms with Gasteiger partial charge in [-0.15, -0.1) is 0 Å². The van der Waals surface area contributed by atoms with E-state index in [-0.39, 0.29) is 10.7 Å². The summed E-state index contributed by atoms with van der Waals surface area (Å²) in [6.45, 7) is 0. The summed E-state index contributed by atoms with van der Waals surface area (Å²) in [5.74, 6) is -1.59. The number of nitrogens with one attached hydrogen (secondary N) is 1. The van der Waals surface area contributed by atoms with Crippen molar-refractivity contribution in [3.05, 3.63) is 59.1 Å². The molecule has 2 aromatic rings. The molecule has 3 nitrogen and oxygen atoms in total. The van der Waals surface area contributed by atoms with Crippen molar-refractivity contribution in [2.75, 3.05) is 4.72 Å². The average Bonchev–Trinajstić information content (AvgIpc) is 2.26. The number of anilines is 1. The molecule has 100 valence electrons. The van der Waals surface area contributed by atoms with Crippen molar-refractivity contribution < 1.29 is 17.2 Å². The predicted molar refractivity (Wildman–Crippen MR) is 68.6 cm³/mol. The smallest absolute Gasteiger partial charge is 0.264 e. The molecule has 0 aromatic heterocycles. The third-order valence-electron chi connectivity index (χ3n) is 2.24. The first-order valence-corrected chi connectivity index (χ1v) is 6.98. The Morgan fingerprint density at radius 2 is 1.74 bits per heavy atom. The third kappa shape index (κ3) is 3.21. The molecular formula is C12H8ClF2NO2S. The second-order valence-electron chi connectivity index (χ2n) is 3.69. The van der Waals surface area contributed by atoms with Gasteiger partial charge in [-0.3, -0.25) is 4.72 Å². The van der Waals surface area contributed by atoms with Crippen molar-refractivity contribution in [1.29, 1.82) is 0 Å². The van der Waals surface area contributed by atoms with Crippen LogP contribution in [0.25, 0.3) is 0 Å². The molecule has 0 fully saturated rings. The lowest BCUT2D eigenvalue weighted by atomic mass is 10.3. The van der Waals surface area contributed by atoms with E-state index in [4.69, 9.17) is 11.6 Å². The summed E-state index contributed by atoms with van der Waals surface area (Å²) in [6, 6.07) is 8.09. The molecule has 0 saturated carbocycles. The van der Waals surface area contributed by atoms with E-state index in [1.54, 1.807) is 0 Å². The van der Waals surface area contributed by atoms with E-state index in [1.807, 2.05) is 0 Å². The van der Waals surface area contributed by atoms with Gasteiger partial charge in [0.25, 0.3) is 10.0 Å². The largest absolute Gasteiger partial charge is 0.279 e. The molecule has 19 heavy (non-hydrogen) atoms. The van der Waals surface area contributed by atoms with E-state index in [9.17, 15) is 17.2 Å². The van der Waals surface area contributed by atoms with Gasteiger partial charge in [0, 0.05) is 5.02 Å². The van der Waals surface area contributed by atoms with E-state index in [1.165, 1.54) is 18.2 Å². The standard InChI is InChI=1S/C12H8ClF2NO2S/c13-8-5-9(14)7-10(6-8)16-19(17,18)12-4-2-1-3-11(12)15/h1-7,16H. The first-order valence-electron chi connectivity index (χ1n) is 5.12. The average molecular weight is 304 g/mol. The minimum atomic E-state index is -4.13. The summed E-state index contributed by atoms with van der Waals surface area (Å²) >= 11 is 5.61. The molecule has 0 atom stereocenters. The second-order valence-corrected chi connectivity index (χ2v) is 5.78. The van der Waals surface area contributed by atoms with E-state index in [0.717, 1.165) is 24.3 Å². The van der Waals surface area contributed by atoms with Crippen LogP contribution in [0, 0.1) is 11.6 Å². The van der Waals surface area contributed by atoms with Crippen molar-refractivity contribution in [3.63, 3.8) is 0 Å². The number of benzene rings is 2. The predicted octanol–water partition coefficient (Wildman–Crippen LogP) is 3.42. The molecule has 0 saturated heterocycles. The molecule has 0 aliphatic rings. The molecule has 7 heteroatoms. The molecule has 0 heterocycles. The second kappa shape index (κ2) is 5.14. The van der Waals surface area contributed by atoms with Crippen LogP contribution >= 0.6 is 11.6 Å². The first kappa shape index (κ1) is 13.8. The fraction of sp³-hybridized carbons (Fsp3) is 0. The van der Waals surface area contributed by atoms with Crippen molar-refractivity contribution in [1.82, 2.24) is 0 Å². The van der Waals surface area contributed by atoms with Gasteiger partial charge in [-0.1, -0.05) is 23.7 Å². The van der Waals surface area contributed by atoms with Gasteiger partial charge in [-0.2, -0.15) is 0 Å². The minimum Gasteiger partial charge on any atom is -0.279 e. The van der Waals surface area contributed by atoms with Crippen molar-refractivity contribution >= 4 is 27.3 Å². The normalized spacial score (nSPS) is 11.3. The van der Waals surface area contributed by atoms with Crippen LogP contribution < -0.4 is 4.72 Å². The maximum atomic E-state index is 13.4. The van der Waals surface area contributed by atoms with Gasteiger partial charge in [-0.25, -0.2) is 17.2 Å². The maximum Gasteiger partial charge on any atom is 0.264 e. The molecule has 0 bridgehead atoms. The van der Waals surface area contributed by atoms with Crippen molar-refractivity contribution in [2.45, 2.75) is 4.90 Å². The lowest BCUT2D eigenvalue weighted by Gasteiger charge is -2.09. The molecule has 0 aliphatic heterocycles. The van der Waals surface area contributed by atoms with Gasteiger partial charge in [-0.05, 0) is 30.3 Å². The van der Waals surface area contributed by atoms with Crippen LogP contribution in [0.1, 0.15) is 0 Å². The summed E-state index contributed by atoms with van der Waals surface area (Å²) in [7, 11) is -4.13.